The van der Waals surface area contributed by atoms with E-state index in [0.717, 1.165) is 5.25 Å². The molecule has 0 aromatic carbocycles. The van der Waals surface area contributed by atoms with Crippen LogP contribution in [0.1, 0.15) is 0 Å². The van der Waals surface area contributed by atoms with E-state index >= 15 is 0 Å². The van der Waals surface area contributed by atoms with E-state index in [0.29, 0.717) is 0 Å². The molecule has 1 heterocycles. The molecule has 0 radical (unpaired) electrons. The summed E-state index contributed by atoms with van der Waals surface area (Å²) in [4.78, 5) is 0. The molecule has 0 aliphatic carbocycles. The molecule has 48 valence electrons. The van der Waals surface area contributed by atoms with E-state index in [1.54, 1.807) is 0 Å². The minimum atomic E-state index is -0.000348. The molecule has 8 heavy (non-hydrogen) atoms. The van der Waals surface area contributed by atoms with E-state index in [4.69, 9.17) is 0 Å². The van der Waals surface area contributed by atoms with Crippen molar-refractivity contribution in [2.75, 3.05) is 17.8 Å². The average molecular weight is 275 g/mol. The van der Waals surface area contributed by atoms with Crippen molar-refractivity contribution in [2.24, 2.45) is 0 Å². The molecule has 0 bridgehead atoms. The van der Waals surface area contributed by atoms with Gasteiger partial charge in [-0.2, -0.15) is 0 Å². The molecule has 1 rings (SSSR count). The van der Waals surface area contributed by atoms with Gasteiger partial charge in [-0.3, -0.25) is 0 Å². The van der Waals surface area contributed by atoms with Gasteiger partial charge in [-0.05, 0) is 0 Å². The number of rotatable bonds is 3. The van der Waals surface area contributed by atoms with Crippen molar-refractivity contribution in [1.29, 1.82) is 0 Å². The Balaban J connectivity index is 1.86. The monoisotopic (exact) mass is 274 g/mol. The van der Waals surface area contributed by atoms with Gasteiger partial charge in [0.2, 0.25) is 0 Å². The third kappa shape index (κ3) is 2.64. The van der Waals surface area contributed by atoms with Crippen LogP contribution in [0.25, 0.3) is 0 Å². The summed E-state index contributed by atoms with van der Waals surface area (Å²) in [6.07, 6.45) is 2.24. The summed E-state index contributed by atoms with van der Waals surface area (Å²) < 4.78 is 0. The standard InChI is InChI=1S/C3H6S2.CH4S.Sb.H/c4-3-1-5-2-3;1-2;;/h3-4H,1-2H2;2H,1H3;;/q;;+2;/p-2. The molecule has 0 saturated carbocycles. The Hall–Kier alpha value is 1.87. The van der Waals surface area contributed by atoms with E-state index in [1.807, 2.05) is 0 Å². The summed E-state index contributed by atoms with van der Waals surface area (Å²) in [6, 6.07) is 0. The molecule has 0 aromatic heterocycles. The van der Waals surface area contributed by atoms with Crippen LogP contribution in [0.4, 0.5) is 0 Å². The zero-order chi connectivity index (χ0) is 5.82. The van der Waals surface area contributed by atoms with E-state index < -0.39 is 0 Å². The number of hydrogen-bond acceptors (Lipinski definition) is 3. The molecule has 4 heteroatoms. The SMILES string of the molecule is C[S][SbH][S]C1CSC1. The van der Waals surface area contributed by atoms with E-state index in [2.05, 4.69) is 35.7 Å². The zero-order valence-corrected chi connectivity index (χ0v) is 10.0. The molecular weight excluding hydrogens is 266 g/mol. The van der Waals surface area contributed by atoms with Crippen LogP contribution in [-0.2, 0) is 0 Å². The van der Waals surface area contributed by atoms with Crippen molar-refractivity contribution in [3.63, 3.8) is 0 Å². The maximum atomic E-state index is 2.28. The van der Waals surface area contributed by atoms with Crippen LogP contribution >= 0.6 is 29.5 Å². The van der Waals surface area contributed by atoms with Crippen molar-refractivity contribution < 1.29 is 0 Å². The van der Waals surface area contributed by atoms with Crippen LogP contribution in [0.3, 0.4) is 0 Å². The van der Waals surface area contributed by atoms with Crippen LogP contribution in [0.15, 0.2) is 0 Å². The molecule has 0 nitrogen and oxygen atoms in total. The second kappa shape index (κ2) is 4.65. The Bertz CT molecular complexity index is 64.3. The van der Waals surface area contributed by atoms with Crippen LogP contribution < -0.4 is 0 Å². The Morgan fingerprint density at radius 2 is 2.38 bits per heavy atom. The maximum absolute atomic E-state index is 2.28. The molecule has 0 spiro atoms. The van der Waals surface area contributed by atoms with Gasteiger partial charge in [-0.15, -0.1) is 0 Å². The van der Waals surface area contributed by atoms with Gasteiger partial charge < -0.3 is 0 Å². The van der Waals surface area contributed by atoms with Crippen molar-refractivity contribution in [3.05, 3.63) is 0 Å². The summed E-state index contributed by atoms with van der Waals surface area (Å²) in [5.41, 5.74) is 0. The van der Waals surface area contributed by atoms with Gasteiger partial charge in [0, 0.05) is 0 Å². The van der Waals surface area contributed by atoms with E-state index in [1.165, 1.54) is 11.5 Å². The van der Waals surface area contributed by atoms with Crippen molar-refractivity contribution in [3.8, 4) is 0 Å². The molecule has 0 amide bonds. The van der Waals surface area contributed by atoms with Gasteiger partial charge in [0.25, 0.3) is 0 Å². The third-order valence-electron chi connectivity index (χ3n) is 0.906. The van der Waals surface area contributed by atoms with Crippen molar-refractivity contribution in [2.45, 2.75) is 5.25 Å². The number of thioether (sulfide) groups is 1. The quantitative estimate of drug-likeness (QED) is 0.716. The first-order chi connectivity index (χ1) is 3.93. The molecule has 0 unspecified atom stereocenters. The fourth-order valence-corrected chi connectivity index (χ4v) is 12.3. The van der Waals surface area contributed by atoms with Crippen molar-refractivity contribution in [1.82, 2.24) is 0 Å². The van der Waals surface area contributed by atoms with Gasteiger partial charge in [0.05, 0.1) is 0 Å². The minimum absolute atomic E-state index is 0.000348. The molecule has 0 atom stereocenters. The average Bonchev–Trinajstić information content (AvgIpc) is 1.63. The third-order valence-corrected chi connectivity index (χ3v) is 13.9. The molecule has 1 aliphatic heterocycles. The Kier molecular flexibility index (Phi) is 4.63. The Morgan fingerprint density at radius 3 is 2.75 bits per heavy atom. The predicted molar refractivity (Wildman–Crippen MR) is 49.4 cm³/mol. The molecular formula is C4H9S3Sb. The summed E-state index contributed by atoms with van der Waals surface area (Å²) in [5.74, 6) is 2.87. The van der Waals surface area contributed by atoms with Crippen molar-refractivity contribution >= 4 is 48.3 Å². The summed E-state index contributed by atoms with van der Waals surface area (Å²) in [5, 5.41) is 1.07. The van der Waals surface area contributed by atoms with Gasteiger partial charge in [0.1, 0.15) is 0 Å². The summed E-state index contributed by atoms with van der Waals surface area (Å²) in [7, 11) is 4.38. The summed E-state index contributed by atoms with van der Waals surface area (Å²) in [6.45, 7) is 0. The molecule has 1 aliphatic rings. The fourth-order valence-electron chi connectivity index (χ4n) is 0.398. The molecule has 0 aromatic rings. The number of hydrogen-bond donors (Lipinski definition) is 0. The zero-order valence-electron chi connectivity index (χ0n) is 4.72. The van der Waals surface area contributed by atoms with Crippen LogP contribution in [0.5, 0.6) is 0 Å². The van der Waals surface area contributed by atoms with Crippen LogP contribution in [0.2, 0.25) is 0 Å². The molecule has 1 saturated heterocycles. The molecule has 0 N–H and O–H groups in total. The van der Waals surface area contributed by atoms with Gasteiger partial charge in [0.15, 0.2) is 0 Å². The first-order valence-corrected chi connectivity index (χ1v) is 12.7. The van der Waals surface area contributed by atoms with E-state index in [9.17, 15) is 0 Å². The second-order valence-corrected chi connectivity index (χ2v) is 14.4. The van der Waals surface area contributed by atoms with Crippen LogP contribution in [0, 0.1) is 0 Å². The normalized spacial score (nSPS) is 20.6. The summed E-state index contributed by atoms with van der Waals surface area (Å²) >= 11 is 2.09. The fraction of sp³-hybridized carbons (Fsp3) is 1.00. The van der Waals surface area contributed by atoms with Crippen LogP contribution in [-0.4, -0.2) is 41.8 Å². The van der Waals surface area contributed by atoms with Gasteiger partial charge >= 0.3 is 71.3 Å². The second-order valence-electron chi connectivity index (χ2n) is 1.56. The Labute approximate surface area is 70.7 Å². The first kappa shape index (κ1) is 7.97. The molecule has 1 fully saturated rings. The van der Waals surface area contributed by atoms with Gasteiger partial charge in [-0.25, -0.2) is 0 Å². The van der Waals surface area contributed by atoms with E-state index in [-0.39, 0.29) is 18.8 Å². The topological polar surface area (TPSA) is 0 Å². The van der Waals surface area contributed by atoms with Gasteiger partial charge in [-0.1, -0.05) is 0 Å². The Morgan fingerprint density at radius 1 is 1.62 bits per heavy atom. The predicted octanol–water partition coefficient (Wildman–Crippen LogP) is 1.46. The first-order valence-electron chi connectivity index (χ1n) is 2.45.